The molecule has 120 valence electrons. The van der Waals surface area contributed by atoms with Gasteiger partial charge in [-0.05, 0) is 37.8 Å². The number of nitriles is 1. The molecule has 3 rings (SSSR count). The molecule has 1 saturated carbocycles. The molecule has 0 spiro atoms. The molecule has 1 N–H and O–H groups in total. The van der Waals surface area contributed by atoms with Gasteiger partial charge in [-0.1, -0.05) is 23.5 Å². The number of halogens is 3. The Labute approximate surface area is 135 Å². The Kier molecular flexibility index (Phi) is 4.02. The van der Waals surface area contributed by atoms with Crippen LogP contribution in [0, 0.1) is 11.3 Å². The highest BCUT2D eigenvalue weighted by molar-refractivity contribution is 7.18. The predicted molar refractivity (Wildman–Crippen MR) is 83.0 cm³/mol. The van der Waals surface area contributed by atoms with Gasteiger partial charge < -0.3 is 5.32 Å². The summed E-state index contributed by atoms with van der Waals surface area (Å²) in [5, 5.41) is 14.0. The molecule has 3 nitrogen and oxygen atoms in total. The lowest BCUT2D eigenvalue weighted by atomic mass is 10.0. The molecule has 0 unspecified atom stereocenters. The summed E-state index contributed by atoms with van der Waals surface area (Å²) in [4.78, 5) is 4.25. The van der Waals surface area contributed by atoms with Crippen molar-refractivity contribution in [2.75, 3.05) is 5.32 Å². The van der Waals surface area contributed by atoms with E-state index in [-0.39, 0.29) is 0 Å². The molecule has 0 saturated heterocycles. The summed E-state index contributed by atoms with van der Waals surface area (Å²) in [6.45, 7) is 0. The predicted octanol–water partition coefficient (Wildman–Crippen LogP) is 5.08. The average molecular weight is 337 g/mol. The Morgan fingerprint density at radius 2 is 1.83 bits per heavy atom. The lowest BCUT2D eigenvalue weighted by Crippen LogP contribution is -2.32. The number of nitrogens with one attached hydrogen (secondary N) is 1. The summed E-state index contributed by atoms with van der Waals surface area (Å²) in [7, 11) is 0. The smallest absolute Gasteiger partial charge is 0.358 e. The molecule has 0 amide bonds. The summed E-state index contributed by atoms with van der Waals surface area (Å²) in [5.74, 6) is 0. The van der Waals surface area contributed by atoms with Gasteiger partial charge in [0.2, 0.25) is 0 Å². The second kappa shape index (κ2) is 5.85. The lowest BCUT2D eigenvalue weighted by molar-refractivity contribution is -0.137. The fourth-order valence-corrected chi connectivity index (χ4v) is 3.67. The number of thiazole rings is 1. The number of rotatable bonds is 3. The third-order valence-electron chi connectivity index (χ3n) is 4.00. The van der Waals surface area contributed by atoms with E-state index in [2.05, 4.69) is 16.4 Å². The minimum atomic E-state index is -4.34. The van der Waals surface area contributed by atoms with Crippen molar-refractivity contribution in [3.05, 3.63) is 36.0 Å². The van der Waals surface area contributed by atoms with E-state index >= 15 is 0 Å². The zero-order valence-corrected chi connectivity index (χ0v) is 13.0. The highest BCUT2D eigenvalue weighted by Gasteiger charge is 2.34. The van der Waals surface area contributed by atoms with E-state index in [9.17, 15) is 18.4 Å². The molecule has 1 aliphatic rings. The molecular formula is C16H14F3N3S. The van der Waals surface area contributed by atoms with Crippen LogP contribution >= 0.6 is 11.3 Å². The number of anilines is 1. The van der Waals surface area contributed by atoms with E-state index in [4.69, 9.17) is 0 Å². The maximum Gasteiger partial charge on any atom is 0.416 e. The highest BCUT2D eigenvalue weighted by Crippen LogP contribution is 2.37. The molecule has 7 heteroatoms. The van der Waals surface area contributed by atoms with Crippen molar-refractivity contribution in [1.29, 1.82) is 5.26 Å². The third kappa shape index (κ3) is 3.32. The van der Waals surface area contributed by atoms with Crippen LogP contribution in [0.4, 0.5) is 18.2 Å². The molecule has 0 aliphatic heterocycles. The van der Waals surface area contributed by atoms with Crippen LogP contribution in [0.2, 0.25) is 0 Å². The summed E-state index contributed by atoms with van der Waals surface area (Å²) in [6, 6.07) is 7.28. The number of benzene rings is 1. The number of hydrogen-bond acceptors (Lipinski definition) is 4. The zero-order chi connectivity index (χ0) is 16.5. The largest absolute Gasteiger partial charge is 0.416 e. The molecule has 0 bridgehead atoms. The van der Waals surface area contributed by atoms with E-state index in [1.807, 2.05) is 0 Å². The summed E-state index contributed by atoms with van der Waals surface area (Å²) in [6.07, 6.45) is 0.940. The van der Waals surface area contributed by atoms with E-state index in [0.717, 1.165) is 42.8 Å². The molecule has 1 heterocycles. The standard InChI is InChI=1S/C16H14F3N3S/c17-16(18,19)12-5-3-11(4-6-12)14-21-9-13(23-14)22-15(10-20)7-1-2-8-15/h3-6,9,22H,1-2,7-8H2. The Morgan fingerprint density at radius 3 is 2.39 bits per heavy atom. The van der Waals surface area contributed by atoms with E-state index in [1.165, 1.54) is 23.5 Å². The van der Waals surface area contributed by atoms with Gasteiger partial charge >= 0.3 is 6.18 Å². The topological polar surface area (TPSA) is 48.7 Å². The van der Waals surface area contributed by atoms with Gasteiger partial charge in [0.1, 0.15) is 15.5 Å². The lowest BCUT2D eigenvalue weighted by Gasteiger charge is -2.21. The van der Waals surface area contributed by atoms with Crippen LogP contribution in [-0.2, 0) is 6.18 Å². The second-order valence-electron chi connectivity index (χ2n) is 5.63. The van der Waals surface area contributed by atoms with Gasteiger partial charge in [0, 0.05) is 5.56 Å². The summed E-state index contributed by atoms with van der Waals surface area (Å²) < 4.78 is 37.7. The minimum absolute atomic E-state index is 0.538. The Morgan fingerprint density at radius 1 is 1.17 bits per heavy atom. The van der Waals surface area contributed by atoms with Crippen LogP contribution in [0.5, 0.6) is 0 Å². The van der Waals surface area contributed by atoms with E-state index in [0.29, 0.717) is 10.6 Å². The van der Waals surface area contributed by atoms with Crippen molar-refractivity contribution in [2.24, 2.45) is 0 Å². The SMILES string of the molecule is N#CC1(Nc2cnc(-c3ccc(C(F)(F)F)cc3)s2)CCCC1. The van der Waals surface area contributed by atoms with Gasteiger partial charge in [0.25, 0.3) is 0 Å². The average Bonchev–Trinajstić information content (AvgIpc) is 3.17. The van der Waals surface area contributed by atoms with Gasteiger partial charge in [-0.25, -0.2) is 4.98 Å². The van der Waals surface area contributed by atoms with Crippen molar-refractivity contribution >= 4 is 16.3 Å². The minimum Gasteiger partial charge on any atom is -0.358 e. The van der Waals surface area contributed by atoms with Gasteiger partial charge in [0.05, 0.1) is 17.8 Å². The third-order valence-corrected chi connectivity index (χ3v) is 4.96. The van der Waals surface area contributed by atoms with E-state index in [1.54, 1.807) is 6.20 Å². The number of hydrogen-bond donors (Lipinski definition) is 1. The molecule has 2 aromatic rings. The van der Waals surface area contributed by atoms with Crippen LogP contribution in [0.25, 0.3) is 10.6 Å². The van der Waals surface area contributed by atoms with Gasteiger partial charge in [-0.3, -0.25) is 0 Å². The number of aromatic nitrogens is 1. The monoisotopic (exact) mass is 337 g/mol. The van der Waals surface area contributed by atoms with Crippen molar-refractivity contribution in [2.45, 2.75) is 37.4 Å². The van der Waals surface area contributed by atoms with Crippen LogP contribution in [0.15, 0.2) is 30.5 Å². The number of alkyl halides is 3. The fraction of sp³-hybridized carbons (Fsp3) is 0.375. The van der Waals surface area contributed by atoms with Crippen LogP contribution in [-0.4, -0.2) is 10.5 Å². The fourth-order valence-electron chi connectivity index (χ4n) is 2.75. The molecule has 1 fully saturated rings. The summed E-state index contributed by atoms with van der Waals surface area (Å²) >= 11 is 1.35. The van der Waals surface area contributed by atoms with Crippen molar-refractivity contribution in [3.8, 4) is 16.6 Å². The van der Waals surface area contributed by atoms with Gasteiger partial charge in [0.15, 0.2) is 0 Å². The zero-order valence-electron chi connectivity index (χ0n) is 12.2. The van der Waals surface area contributed by atoms with Gasteiger partial charge in [-0.2, -0.15) is 18.4 Å². The maximum absolute atomic E-state index is 12.6. The Balaban J connectivity index is 1.78. The van der Waals surface area contributed by atoms with Gasteiger partial charge in [-0.15, -0.1) is 0 Å². The maximum atomic E-state index is 12.6. The quantitative estimate of drug-likeness (QED) is 0.850. The first-order valence-electron chi connectivity index (χ1n) is 7.25. The van der Waals surface area contributed by atoms with Crippen molar-refractivity contribution < 1.29 is 13.2 Å². The first-order chi connectivity index (χ1) is 10.9. The first kappa shape index (κ1) is 15.8. The van der Waals surface area contributed by atoms with E-state index < -0.39 is 17.3 Å². The second-order valence-corrected chi connectivity index (χ2v) is 6.66. The first-order valence-corrected chi connectivity index (χ1v) is 8.06. The number of nitrogens with zero attached hydrogens (tertiary/aromatic N) is 2. The van der Waals surface area contributed by atoms with Crippen molar-refractivity contribution in [1.82, 2.24) is 4.98 Å². The summed E-state index contributed by atoms with van der Waals surface area (Å²) in [5.41, 5.74) is -0.580. The molecule has 1 aliphatic carbocycles. The molecule has 1 aromatic heterocycles. The van der Waals surface area contributed by atoms with Crippen molar-refractivity contribution in [3.63, 3.8) is 0 Å². The molecular weight excluding hydrogens is 323 g/mol. The van der Waals surface area contributed by atoms with Crippen LogP contribution in [0.1, 0.15) is 31.2 Å². The Hall–Kier alpha value is -2.07. The molecule has 1 aromatic carbocycles. The normalized spacial score (nSPS) is 17.0. The molecule has 0 radical (unpaired) electrons. The highest BCUT2D eigenvalue weighted by atomic mass is 32.1. The Bertz CT molecular complexity index is 722. The molecule has 23 heavy (non-hydrogen) atoms. The van der Waals surface area contributed by atoms with Crippen LogP contribution < -0.4 is 5.32 Å². The molecule has 0 atom stereocenters. The van der Waals surface area contributed by atoms with Crippen LogP contribution in [0.3, 0.4) is 0 Å².